The summed E-state index contributed by atoms with van der Waals surface area (Å²) in [6, 6.07) is 22.1. The number of unbranched alkanes of at least 4 members (excludes halogenated alkanes) is 1. The number of hydrogen-bond acceptors (Lipinski definition) is 6. The fourth-order valence-electron chi connectivity index (χ4n) is 3.28. The first-order valence-corrected chi connectivity index (χ1v) is 11.3. The van der Waals surface area contributed by atoms with Gasteiger partial charge in [0.2, 0.25) is 0 Å². The smallest absolute Gasteiger partial charge is 0.344 e. The van der Waals surface area contributed by atoms with Gasteiger partial charge in [0.25, 0.3) is 5.91 Å². The van der Waals surface area contributed by atoms with Crippen LogP contribution in [0.15, 0.2) is 72.8 Å². The summed E-state index contributed by atoms with van der Waals surface area (Å²) in [5.41, 5.74) is 8.69. The fraction of sp³-hybridized carbons (Fsp3) is 0.259. The van der Waals surface area contributed by atoms with Gasteiger partial charge in [-0.25, -0.2) is 4.79 Å². The molecule has 0 fully saturated rings. The lowest BCUT2D eigenvalue weighted by Crippen LogP contribution is -2.15. The third kappa shape index (κ3) is 7.85. The van der Waals surface area contributed by atoms with Crippen molar-refractivity contribution in [2.45, 2.75) is 26.2 Å². The number of carbonyl (C=O) groups is 2. The highest BCUT2D eigenvalue weighted by molar-refractivity contribution is 6.07. The summed E-state index contributed by atoms with van der Waals surface area (Å²) in [6.07, 6.45) is 2.98. The third-order valence-electron chi connectivity index (χ3n) is 5.01. The number of amides is 1. The zero-order valence-corrected chi connectivity index (χ0v) is 19.3. The molecule has 0 heterocycles. The van der Waals surface area contributed by atoms with Gasteiger partial charge in [-0.1, -0.05) is 30.3 Å². The van der Waals surface area contributed by atoms with Crippen LogP contribution in [0.1, 0.15) is 35.7 Å². The Bertz CT molecular complexity index is 1070. The van der Waals surface area contributed by atoms with Crippen LogP contribution in [0.25, 0.3) is 0 Å². The Morgan fingerprint density at radius 2 is 1.62 bits per heavy atom. The maximum atomic E-state index is 12.6. The van der Waals surface area contributed by atoms with Crippen LogP contribution in [0.3, 0.4) is 0 Å². The highest BCUT2D eigenvalue weighted by Crippen LogP contribution is 2.22. The molecule has 0 radical (unpaired) electrons. The second-order valence-corrected chi connectivity index (χ2v) is 7.61. The second-order valence-electron chi connectivity index (χ2n) is 7.61. The minimum absolute atomic E-state index is 0.169. The van der Waals surface area contributed by atoms with E-state index in [0.717, 1.165) is 19.3 Å². The second kappa shape index (κ2) is 12.9. The van der Waals surface area contributed by atoms with Crippen LogP contribution in [0.2, 0.25) is 0 Å². The number of nitrogens with two attached hydrogens (primary N) is 1. The van der Waals surface area contributed by atoms with Gasteiger partial charge in [0.1, 0.15) is 11.5 Å². The standard InChI is InChI=1S/C27H30N2O5/c1-2-32-26(30)19-34-22-13-11-21(12-14-22)29-27(31)24-16-15-23(18-25(24)28)33-17-7-6-10-20-8-4-3-5-9-20/h3-5,8-9,11-16,18H,2,6-7,10,17,19,28H2,1H3,(H,29,31). The minimum Gasteiger partial charge on any atom is -0.494 e. The minimum atomic E-state index is -0.435. The molecule has 0 atom stereocenters. The Morgan fingerprint density at radius 1 is 0.882 bits per heavy atom. The molecule has 0 saturated heterocycles. The molecule has 7 nitrogen and oxygen atoms in total. The van der Waals surface area contributed by atoms with Crippen molar-refractivity contribution in [2.24, 2.45) is 0 Å². The van der Waals surface area contributed by atoms with Crippen LogP contribution in [0.4, 0.5) is 11.4 Å². The van der Waals surface area contributed by atoms with E-state index in [2.05, 4.69) is 17.4 Å². The number of nitrogen functional groups attached to an aromatic ring is 1. The van der Waals surface area contributed by atoms with Crippen molar-refractivity contribution in [3.05, 3.63) is 83.9 Å². The van der Waals surface area contributed by atoms with Gasteiger partial charge in [-0.15, -0.1) is 0 Å². The van der Waals surface area contributed by atoms with E-state index in [4.69, 9.17) is 19.9 Å². The Hall–Kier alpha value is -4.00. The first kappa shape index (κ1) is 24.6. The van der Waals surface area contributed by atoms with Gasteiger partial charge < -0.3 is 25.3 Å². The number of anilines is 2. The molecule has 0 aliphatic heterocycles. The summed E-state index contributed by atoms with van der Waals surface area (Å²) in [6.45, 7) is 2.45. The summed E-state index contributed by atoms with van der Waals surface area (Å²) in [5.74, 6) is 0.370. The van der Waals surface area contributed by atoms with Crippen LogP contribution in [-0.2, 0) is 16.0 Å². The van der Waals surface area contributed by atoms with Crippen LogP contribution < -0.4 is 20.5 Å². The van der Waals surface area contributed by atoms with Gasteiger partial charge in [0.05, 0.1) is 18.8 Å². The molecule has 0 aliphatic rings. The molecule has 0 unspecified atom stereocenters. The monoisotopic (exact) mass is 462 g/mol. The lowest BCUT2D eigenvalue weighted by molar-refractivity contribution is -0.145. The average Bonchev–Trinajstić information content (AvgIpc) is 2.84. The number of ether oxygens (including phenoxy) is 3. The summed E-state index contributed by atoms with van der Waals surface area (Å²) in [7, 11) is 0. The molecular weight excluding hydrogens is 432 g/mol. The Kier molecular flexibility index (Phi) is 9.34. The number of carbonyl (C=O) groups excluding carboxylic acids is 2. The van der Waals surface area contributed by atoms with Crippen molar-refractivity contribution < 1.29 is 23.8 Å². The van der Waals surface area contributed by atoms with E-state index < -0.39 is 5.97 Å². The Morgan fingerprint density at radius 3 is 2.32 bits per heavy atom. The van der Waals surface area contributed by atoms with E-state index in [9.17, 15) is 9.59 Å². The van der Waals surface area contributed by atoms with E-state index in [1.165, 1.54) is 5.56 Å². The third-order valence-corrected chi connectivity index (χ3v) is 5.01. The summed E-state index contributed by atoms with van der Waals surface area (Å²) in [4.78, 5) is 24.0. The van der Waals surface area contributed by atoms with Gasteiger partial charge in [0, 0.05) is 17.4 Å². The zero-order chi connectivity index (χ0) is 24.2. The fourth-order valence-corrected chi connectivity index (χ4v) is 3.28. The van der Waals surface area contributed by atoms with Crippen molar-refractivity contribution in [3.63, 3.8) is 0 Å². The molecule has 178 valence electrons. The average molecular weight is 463 g/mol. The highest BCUT2D eigenvalue weighted by Gasteiger charge is 2.12. The van der Waals surface area contributed by atoms with Crippen molar-refractivity contribution in [1.82, 2.24) is 0 Å². The SMILES string of the molecule is CCOC(=O)COc1ccc(NC(=O)c2ccc(OCCCCc3ccccc3)cc2N)cc1. The maximum Gasteiger partial charge on any atom is 0.344 e. The van der Waals surface area contributed by atoms with E-state index in [-0.39, 0.29) is 12.5 Å². The topological polar surface area (TPSA) is 99.9 Å². The first-order valence-electron chi connectivity index (χ1n) is 11.3. The van der Waals surface area contributed by atoms with Gasteiger partial charge in [-0.2, -0.15) is 0 Å². The normalized spacial score (nSPS) is 10.4. The molecule has 0 aliphatic carbocycles. The molecule has 0 saturated carbocycles. The van der Waals surface area contributed by atoms with E-state index in [1.807, 2.05) is 18.2 Å². The van der Waals surface area contributed by atoms with Crippen molar-refractivity contribution in [2.75, 3.05) is 30.9 Å². The predicted octanol–water partition coefficient (Wildman–Crippen LogP) is 4.86. The van der Waals surface area contributed by atoms with Gasteiger partial charge in [-0.05, 0) is 68.1 Å². The molecule has 3 N–H and O–H groups in total. The van der Waals surface area contributed by atoms with Crippen molar-refractivity contribution >= 4 is 23.3 Å². The quantitative estimate of drug-likeness (QED) is 0.226. The Labute approximate surface area is 199 Å². The van der Waals surface area contributed by atoms with E-state index in [0.29, 0.717) is 41.7 Å². The molecule has 3 aromatic rings. The molecular formula is C27H30N2O5. The number of hydrogen-bond donors (Lipinski definition) is 2. The molecule has 0 spiro atoms. The molecule has 0 bridgehead atoms. The number of aryl methyl sites for hydroxylation is 1. The first-order chi connectivity index (χ1) is 16.5. The maximum absolute atomic E-state index is 12.6. The molecule has 3 aromatic carbocycles. The van der Waals surface area contributed by atoms with Gasteiger partial charge in [-0.3, -0.25) is 4.79 Å². The number of benzene rings is 3. The van der Waals surface area contributed by atoms with Crippen LogP contribution in [0, 0.1) is 0 Å². The molecule has 34 heavy (non-hydrogen) atoms. The zero-order valence-electron chi connectivity index (χ0n) is 19.3. The van der Waals surface area contributed by atoms with E-state index in [1.54, 1.807) is 49.4 Å². The lowest BCUT2D eigenvalue weighted by atomic mass is 10.1. The predicted molar refractivity (Wildman–Crippen MR) is 132 cm³/mol. The molecule has 3 rings (SSSR count). The number of rotatable bonds is 12. The van der Waals surface area contributed by atoms with Crippen molar-refractivity contribution in [1.29, 1.82) is 0 Å². The van der Waals surface area contributed by atoms with Crippen molar-refractivity contribution in [3.8, 4) is 11.5 Å². The van der Waals surface area contributed by atoms with Crippen LogP contribution >= 0.6 is 0 Å². The largest absolute Gasteiger partial charge is 0.494 e. The molecule has 1 amide bonds. The highest BCUT2D eigenvalue weighted by atomic mass is 16.6. The number of esters is 1. The van der Waals surface area contributed by atoms with E-state index >= 15 is 0 Å². The summed E-state index contributed by atoms with van der Waals surface area (Å²) < 4.78 is 15.9. The lowest BCUT2D eigenvalue weighted by Gasteiger charge is -2.11. The van der Waals surface area contributed by atoms with Gasteiger partial charge in [0.15, 0.2) is 6.61 Å². The van der Waals surface area contributed by atoms with Crippen LogP contribution in [-0.4, -0.2) is 31.7 Å². The van der Waals surface area contributed by atoms with Gasteiger partial charge >= 0.3 is 5.97 Å². The van der Waals surface area contributed by atoms with Crippen LogP contribution in [0.5, 0.6) is 11.5 Å². The Balaban J connectivity index is 1.44. The molecule has 7 heteroatoms. The summed E-state index contributed by atoms with van der Waals surface area (Å²) >= 11 is 0. The number of nitrogens with one attached hydrogen (secondary N) is 1. The molecule has 0 aromatic heterocycles. The summed E-state index contributed by atoms with van der Waals surface area (Å²) in [5, 5.41) is 2.80.